The molecule has 1 aromatic carbocycles. The maximum atomic E-state index is 11.6. The predicted octanol–water partition coefficient (Wildman–Crippen LogP) is 3.88. The zero-order valence-corrected chi connectivity index (χ0v) is 11.0. The summed E-state index contributed by atoms with van der Waals surface area (Å²) in [5, 5.41) is 5.10. The molecular formula is C13H14N2O2S. The molecule has 1 heterocycles. The third-order valence-corrected chi connectivity index (χ3v) is 3.05. The number of carbonyl (C=O) groups is 1. The van der Waals surface area contributed by atoms with E-state index in [9.17, 15) is 4.79 Å². The molecule has 5 heteroatoms. The summed E-state index contributed by atoms with van der Waals surface area (Å²) in [4.78, 5) is 15.9. The highest BCUT2D eigenvalue weighted by molar-refractivity contribution is 7.13. The summed E-state index contributed by atoms with van der Waals surface area (Å²) in [5.74, 6) is 0.859. The van der Waals surface area contributed by atoms with Crippen LogP contribution in [0.15, 0.2) is 35.7 Å². The van der Waals surface area contributed by atoms with Gasteiger partial charge in [0.25, 0.3) is 0 Å². The number of ether oxygens (including phenoxy) is 1. The average Bonchev–Trinajstić information content (AvgIpc) is 2.78. The van der Waals surface area contributed by atoms with Crippen LogP contribution in [0.2, 0.25) is 0 Å². The summed E-state index contributed by atoms with van der Waals surface area (Å²) < 4.78 is 5.10. The van der Waals surface area contributed by atoms with Gasteiger partial charge in [-0.15, -0.1) is 11.3 Å². The zero-order chi connectivity index (χ0) is 13.0. The van der Waals surface area contributed by atoms with Gasteiger partial charge in [0.15, 0.2) is 5.13 Å². The van der Waals surface area contributed by atoms with E-state index < -0.39 is 6.09 Å². The van der Waals surface area contributed by atoms with Gasteiger partial charge >= 0.3 is 6.09 Å². The van der Waals surface area contributed by atoms with Crippen molar-refractivity contribution in [3.63, 3.8) is 0 Å². The maximum absolute atomic E-state index is 11.6. The minimum atomic E-state index is -0.522. The van der Waals surface area contributed by atoms with E-state index in [0.29, 0.717) is 16.8 Å². The molecule has 4 nitrogen and oxygen atoms in total. The van der Waals surface area contributed by atoms with Gasteiger partial charge in [-0.1, -0.05) is 32.0 Å². The minimum absolute atomic E-state index is 0.349. The van der Waals surface area contributed by atoms with Crippen LogP contribution in [0.4, 0.5) is 9.93 Å². The van der Waals surface area contributed by atoms with Gasteiger partial charge in [-0.3, -0.25) is 5.32 Å². The number of amides is 1. The van der Waals surface area contributed by atoms with E-state index in [-0.39, 0.29) is 0 Å². The maximum Gasteiger partial charge on any atom is 0.418 e. The SMILES string of the molecule is CC(C)c1csc(NC(=O)Oc2ccccc2)n1. The van der Waals surface area contributed by atoms with Crippen molar-refractivity contribution >= 4 is 22.6 Å². The molecule has 18 heavy (non-hydrogen) atoms. The van der Waals surface area contributed by atoms with Crippen LogP contribution in [0.25, 0.3) is 0 Å². The number of nitrogens with zero attached hydrogens (tertiary/aromatic N) is 1. The molecule has 1 aromatic heterocycles. The second-order valence-electron chi connectivity index (χ2n) is 4.06. The highest BCUT2D eigenvalue weighted by atomic mass is 32.1. The molecule has 0 spiro atoms. The van der Waals surface area contributed by atoms with Crippen LogP contribution in [0, 0.1) is 0 Å². The highest BCUT2D eigenvalue weighted by Gasteiger charge is 2.09. The minimum Gasteiger partial charge on any atom is -0.410 e. The normalized spacial score (nSPS) is 10.4. The third kappa shape index (κ3) is 3.30. The van der Waals surface area contributed by atoms with E-state index in [1.807, 2.05) is 23.6 Å². The number of para-hydroxylation sites is 1. The molecule has 94 valence electrons. The van der Waals surface area contributed by atoms with Crippen molar-refractivity contribution in [3.05, 3.63) is 41.4 Å². The summed E-state index contributed by atoms with van der Waals surface area (Å²) in [5.41, 5.74) is 0.968. The van der Waals surface area contributed by atoms with Crippen LogP contribution in [0.1, 0.15) is 25.5 Å². The Morgan fingerprint density at radius 2 is 2.06 bits per heavy atom. The predicted molar refractivity (Wildman–Crippen MR) is 72.3 cm³/mol. The van der Waals surface area contributed by atoms with E-state index in [2.05, 4.69) is 24.1 Å². The summed E-state index contributed by atoms with van der Waals surface area (Å²) in [6.07, 6.45) is -0.522. The van der Waals surface area contributed by atoms with Crippen LogP contribution >= 0.6 is 11.3 Å². The van der Waals surface area contributed by atoms with Crippen molar-refractivity contribution < 1.29 is 9.53 Å². The fourth-order valence-corrected chi connectivity index (χ4v) is 2.17. The molecule has 0 unspecified atom stereocenters. The van der Waals surface area contributed by atoms with Gasteiger partial charge in [0.05, 0.1) is 5.69 Å². The third-order valence-electron chi connectivity index (χ3n) is 2.28. The van der Waals surface area contributed by atoms with Gasteiger partial charge < -0.3 is 4.74 Å². The average molecular weight is 262 g/mol. The molecule has 0 saturated heterocycles. The number of benzene rings is 1. The van der Waals surface area contributed by atoms with Crippen LogP contribution in [-0.2, 0) is 0 Å². The van der Waals surface area contributed by atoms with Crippen molar-refractivity contribution in [1.29, 1.82) is 0 Å². The van der Waals surface area contributed by atoms with Crippen LogP contribution in [-0.4, -0.2) is 11.1 Å². The lowest BCUT2D eigenvalue weighted by Crippen LogP contribution is -2.16. The van der Waals surface area contributed by atoms with Gasteiger partial charge in [-0.05, 0) is 18.1 Å². The Bertz CT molecular complexity index is 523. The molecule has 0 bridgehead atoms. The van der Waals surface area contributed by atoms with Crippen LogP contribution < -0.4 is 10.1 Å². The smallest absolute Gasteiger partial charge is 0.410 e. The molecule has 0 aliphatic carbocycles. The van der Waals surface area contributed by atoms with E-state index in [1.165, 1.54) is 11.3 Å². The standard InChI is InChI=1S/C13H14N2O2S/c1-9(2)11-8-18-12(14-11)15-13(16)17-10-6-4-3-5-7-10/h3-9H,1-2H3,(H,14,15,16). The topological polar surface area (TPSA) is 51.2 Å². The first-order valence-electron chi connectivity index (χ1n) is 5.64. The lowest BCUT2D eigenvalue weighted by Gasteiger charge is -2.03. The van der Waals surface area contributed by atoms with Gasteiger partial charge in [0.1, 0.15) is 5.75 Å². The van der Waals surface area contributed by atoms with Crippen LogP contribution in [0.5, 0.6) is 5.75 Å². The molecule has 2 rings (SSSR count). The molecular weight excluding hydrogens is 248 g/mol. The molecule has 0 fully saturated rings. The summed E-state index contributed by atoms with van der Waals surface area (Å²) in [7, 11) is 0. The second-order valence-corrected chi connectivity index (χ2v) is 4.92. The second kappa shape index (κ2) is 5.64. The van der Waals surface area contributed by atoms with Crippen LogP contribution in [0.3, 0.4) is 0 Å². The monoisotopic (exact) mass is 262 g/mol. The van der Waals surface area contributed by atoms with Gasteiger partial charge in [-0.2, -0.15) is 0 Å². The number of thiazole rings is 1. The molecule has 1 amide bonds. The highest BCUT2D eigenvalue weighted by Crippen LogP contribution is 2.21. The Hall–Kier alpha value is -1.88. The van der Waals surface area contributed by atoms with Crippen molar-refractivity contribution in [1.82, 2.24) is 4.98 Å². The number of rotatable bonds is 3. The van der Waals surface area contributed by atoms with E-state index in [1.54, 1.807) is 12.1 Å². The lowest BCUT2D eigenvalue weighted by molar-refractivity contribution is 0.215. The Morgan fingerprint density at radius 1 is 1.33 bits per heavy atom. The summed E-state index contributed by atoms with van der Waals surface area (Å²) in [6, 6.07) is 8.92. The molecule has 0 aliphatic heterocycles. The number of carbonyl (C=O) groups excluding carboxylic acids is 1. The van der Waals surface area contributed by atoms with Crippen molar-refractivity contribution in [2.75, 3.05) is 5.32 Å². The van der Waals surface area contributed by atoms with Gasteiger partial charge in [0.2, 0.25) is 0 Å². The Balaban J connectivity index is 1.95. The molecule has 1 N–H and O–H groups in total. The first-order valence-corrected chi connectivity index (χ1v) is 6.52. The number of nitrogens with one attached hydrogen (secondary N) is 1. The number of aromatic nitrogens is 1. The molecule has 0 aliphatic rings. The Labute approximate surface area is 110 Å². The molecule has 2 aromatic rings. The molecule has 0 radical (unpaired) electrons. The quantitative estimate of drug-likeness (QED) is 0.913. The largest absolute Gasteiger partial charge is 0.418 e. The number of anilines is 1. The first-order chi connectivity index (χ1) is 8.65. The molecule has 0 atom stereocenters. The number of hydrogen-bond donors (Lipinski definition) is 1. The fraction of sp³-hybridized carbons (Fsp3) is 0.231. The van der Waals surface area contributed by atoms with E-state index >= 15 is 0 Å². The van der Waals surface area contributed by atoms with Gasteiger partial charge in [-0.25, -0.2) is 9.78 Å². The van der Waals surface area contributed by atoms with Crippen molar-refractivity contribution in [2.45, 2.75) is 19.8 Å². The Morgan fingerprint density at radius 3 is 2.67 bits per heavy atom. The van der Waals surface area contributed by atoms with Crippen molar-refractivity contribution in [3.8, 4) is 5.75 Å². The zero-order valence-electron chi connectivity index (χ0n) is 10.2. The fourth-order valence-electron chi connectivity index (χ4n) is 1.32. The van der Waals surface area contributed by atoms with Gasteiger partial charge in [0, 0.05) is 5.38 Å². The Kier molecular flexibility index (Phi) is 3.94. The van der Waals surface area contributed by atoms with Crippen molar-refractivity contribution in [2.24, 2.45) is 0 Å². The summed E-state index contributed by atoms with van der Waals surface area (Å²) in [6.45, 7) is 4.11. The van der Waals surface area contributed by atoms with E-state index in [0.717, 1.165) is 5.69 Å². The number of hydrogen-bond acceptors (Lipinski definition) is 4. The van der Waals surface area contributed by atoms with E-state index in [4.69, 9.17) is 4.74 Å². The first kappa shape index (κ1) is 12.6. The summed E-state index contributed by atoms with van der Waals surface area (Å²) >= 11 is 1.39. The molecule has 0 saturated carbocycles. The lowest BCUT2D eigenvalue weighted by atomic mass is 10.2.